The zero-order valence-electron chi connectivity index (χ0n) is 14.9. The summed E-state index contributed by atoms with van der Waals surface area (Å²) in [6.45, 7) is 9.85. The van der Waals surface area contributed by atoms with Gasteiger partial charge in [-0.25, -0.2) is 0 Å². The van der Waals surface area contributed by atoms with Crippen LogP contribution in [0.3, 0.4) is 0 Å². The van der Waals surface area contributed by atoms with E-state index in [0.29, 0.717) is 0 Å². The highest BCUT2D eigenvalue weighted by molar-refractivity contribution is 5.82. The number of amides is 1. The molecule has 2 aliphatic rings. The standard InChI is InChI=1S/C18H29N5O/c1-15-5-6-16(21-20-15)23-12-7-18(2,8-13-23)17(24)19-9-14-22-10-3-4-11-22/h5-6H,3-4,7-14H2,1-2H3,(H,19,24). The predicted molar refractivity (Wildman–Crippen MR) is 95.0 cm³/mol. The number of aryl methyl sites for hydroxylation is 1. The quantitative estimate of drug-likeness (QED) is 0.888. The van der Waals surface area contributed by atoms with Gasteiger partial charge in [-0.15, -0.1) is 5.10 Å². The molecule has 6 heteroatoms. The van der Waals surface area contributed by atoms with E-state index in [2.05, 4.69) is 32.2 Å². The van der Waals surface area contributed by atoms with Crippen molar-refractivity contribution in [3.63, 3.8) is 0 Å². The smallest absolute Gasteiger partial charge is 0.226 e. The van der Waals surface area contributed by atoms with Gasteiger partial charge in [0.2, 0.25) is 5.91 Å². The van der Waals surface area contributed by atoms with Crippen molar-refractivity contribution in [2.75, 3.05) is 44.2 Å². The second-order valence-corrected chi connectivity index (χ2v) is 7.39. The Morgan fingerprint density at radius 3 is 2.50 bits per heavy atom. The molecule has 1 N–H and O–H groups in total. The number of carbonyl (C=O) groups excluding carboxylic acids is 1. The summed E-state index contributed by atoms with van der Waals surface area (Å²) in [6, 6.07) is 4.00. The van der Waals surface area contributed by atoms with Gasteiger partial charge in [0.05, 0.1) is 5.69 Å². The summed E-state index contributed by atoms with van der Waals surface area (Å²) in [7, 11) is 0. The van der Waals surface area contributed by atoms with Gasteiger partial charge in [0, 0.05) is 31.6 Å². The van der Waals surface area contributed by atoms with Gasteiger partial charge in [-0.1, -0.05) is 6.92 Å². The Kier molecular flexibility index (Phi) is 5.33. The molecular weight excluding hydrogens is 302 g/mol. The second kappa shape index (κ2) is 7.47. The van der Waals surface area contributed by atoms with Crippen LogP contribution >= 0.6 is 0 Å². The van der Waals surface area contributed by atoms with Crippen molar-refractivity contribution in [3.05, 3.63) is 17.8 Å². The molecule has 0 radical (unpaired) electrons. The topological polar surface area (TPSA) is 61.4 Å². The number of nitrogens with one attached hydrogen (secondary N) is 1. The van der Waals surface area contributed by atoms with Gasteiger partial charge >= 0.3 is 0 Å². The number of hydrogen-bond acceptors (Lipinski definition) is 5. The summed E-state index contributed by atoms with van der Waals surface area (Å²) in [5.74, 6) is 1.12. The van der Waals surface area contributed by atoms with Gasteiger partial charge in [-0.05, 0) is 57.8 Å². The maximum atomic E-state index is 12.6. The summed E-state index contributed by atoms with van der Waals surface area (Å²) in [4.78, 5) is 17.3. The van der Waals surface area contributed by atoms with Gasteiger partial charge in [-0.3, -0.25) is 4.79 Å². The van der Waals surface area contributed by atoms with Gasteiger partial charge in [-0.2, -0.15) is 5.10 Å². The molecule has 2 aliphatic heterocycles. The van der Waals surface area contributed by atoms with Crippen LogP contribution in [-0.4, -0.2) is 60.3 Å². The average molecular weight is 331 g/mol. The van der Waals surface area contributed by atoms with Crippen LogP contribution in [0.15, 0.2) is 12.1 Å². The van der Waals surface area contributed by atoms with Crippen molar-refractivity contribution in [3.8, 4) is 0 Å². The maximum Gasteiger partial charge on any atom is 0.226 e. The lowest BCUT2D eigenvalue weighted by Crippen LogP contribution is -2.48. The molecule has 1 amide bonds. The van der Waals surface area contributed by atoms with E-state index in [0.717, 1.165) is 50.5 Å². The first-order valence-corrected chi connectivity index (χ1v) is 9.13. The third kappa shape index (κ3) is 4.04. The Morgan fingerprint density at radius 1 is 1.17 bits per heavy atom. The lowest BCUT2D eigenvalue weighted by atomic mass is 9.79. The average Bonchev–Trinajstić information content (AvgIpc) is 3.10. The molecule has 0 saturated carbocycles. The van der Waals surface area contributed by atoms with Gasteiger partial charge in [0.15, 0.2) is 5.82 Å². The van der Waals surface area contributed by atoms with Crippen LogP contribution in [0, 0.1) is 12.3 Å². The van der Waals surface area contributed by atoms with Crippen LogP contribution < -0.4 is 10.2 Å². The highest BCUT2D eigenvalue weighted by Gasteiger charge is 2.37. The number of rotatable bonds is 5. The van der Waals surface area contributed by atoms with Crippen LogP contribution in [0.25, 0.3) is 0 Å². The first-order chi connectivity index (χ1) is 11.6. The lowest BCUT2D eigenvalue weighted by molar-refractivity contribution is -0.131. The Balaban J connectivity index is 1.46. The van der Waals surface area contributed by atoms with Crippen LogP contribution in [-0.2, 0) is 4.79 Å². The molecule has 0 aliphatic carbocycles. The highest BCUT2D eigenvalue weighted by atomic mass is 16.2. The van der Waals surface area contributed by atoms with Crippen molar-refractivity contribution in [2.24, 2.45) is 5.41 Å². The Bertz CT molecular complexity index is 545. The fourth-order valence-electron chi connectivity index (χ4n) is 3.56. The number of hydrogen-bond donors (Lipinski definition) is 1. The summed E-state index contributed by atoms with van der Waals surface area (Å²) < 4.78 is 0. The molecule has 0 bridgehead atoms. The summed E-state index contributed by atoms with van der Waals surface area (Å²) in [5.41, 5.74) is 0.664. The number of piperidine rings is 1. The van der Waals surface area contributed by atoms with Crippen molar-refractivity contribution in [1.29, 1.82) is 0 Å². The molecule has 1 aromatic heterocycles. The van der Waals surface area contributed by atoms with E-state index in [1.54, 1.807) is 0 Å². The van der Waals surface area contributed by atoms with E-state index < -0.39 is 0 Å². The molecule has 132 valence electrons. The molecule has 0 aromatic carbocycles. The summed E-state index contributed by atoms with van der Waals surface area (Å²) >= 11 is 0. The molecule has 0 spiro atoms. The molecule has 6 nitrogen and oxygen atoms in total. The summed E-state index contributed by atoms with van der Waals surface area (Å²) in [5, 5.41) is 11.5. The van der Waals surface area contributed by atoms with E-state index >= 15 is 0 Å². The number of likely N-dealkylation sites (tertiary alicyclic amines) is 1. The minimum absolute atomic E-state index is 0.205. The molecule has 2 saturated heterocycles. The first-order valence-electron chi connectivity index (χ1n) is 9.13. The van der Waals surface area contributed by atoms with Crippen LogP contribution in [0.1, 0.15) is 38.3 Å². The largest absolute Gasteiger partial charge is 0.355 e. The number of aromatic nitrogens is 2. The maximum absolute atomic E-state index is 12.6. The van der Waals surface area contributed by atoms with Gasteiger partial charge in [0.25, 0.3) is 0 Å². The zero-order valence-corrected chi connectivity index (χ0v) is 14.9. The molecule has 0 atom stereocenters. The number of nitrogens with zero attached hydrogens (tertiary/aromatic N) is 4. The van der Waals surface area contributed by atoms with Gasteiger partial charge in [0.1, 0.15) is 0 Å². The van der Waals surface area contributed by atoms with Crippen LogP contribution in [0.4, 0.5) is 5.82 Å². The minimum Gasteiger partial charge on any atom is -0.355 e. The van der Waals surface area contributed by atoms with E-state index in [9.17, 15) is 4.79 Å². The van der Waals surface area contributed by atoms with E-state index in [1.807, 2.05) is 19.1 Å². The zero-order chi connectivity index (χ0) is 17.0. The second-order valence-electron chi connectivity index (χ2n) is 7.39. The summed E-state index contributed by atoms with van der Waals surface area (Å²) in [6.07, 6.45) is 4.31. The van der Waals surface area contributed by atoms with Crippen LogP contribution in [0.5, 0.6) is 0 Å². The fraction of sp³-hybridized carbons (Fsp3) is 0.722. The fourth-order valence-corrected chi connectivity index (χ4v) is 3.56. The van der Waals surface area contributed by atoms with E-state index in [1.165, 1.54) is 25.9 Å². The van der Waals surface area contributed by atoms with Crippen molar-refractivity contribution in [2.45, 2.75) is 39.5 Å². The first kappa shape index (κ1) is 17.1. The minimum atomic E-state index is -0.264. The van der Waals surface area contributed by atoms with E-state index in [4.69, 9.17) is 0 Å². The Hall–Kier alpha value is -1.69. The third-order valence-corrected chi connectivity index (χ3v) is 5.44. The molecule has 0 unspecified atom stereocenters. The number of anilines is 1. The van der Waals surface area contributed by atoms with Gasteiger partial charge < -0.3 is 15.1 Å². The molecule has 3 rings (SSSR count). The third-order valence-electron chi connectivity index (χ3n) is 5.44. The highest BCUT2D eigenvalue weighted by Crippen LogP contribution is 2.32. The van der Waals surface area contributed by atoms with E-state index in [-0.39, 0.29) is 11.3 Å². The monoisotopic (exact) mass is 331 g/mol. The Morgan fingerprint density at radius 2 is 1.88 bits per heavy atom. The normalized spacial score (nSPS) is 21.0. The molecule has 1 aromatic rings. The lowest BCUT2D eigenvalue weighted by Gasteiger charge is -2.38. The van der Waals surface area contributed by atoms with Crippen molar-refractivity contribution >= 4 is 11.7 Å². The van der Waals surface area contributed by atoms with Crippen molar-refractivity contribution in [1.82, 2.24) is 20.4 Å². The SMILES string of the molecule is Cc1ccc(N2CCC(C)(C(=O)NCCN3CCCC3)CC2)nn1. The molecule has 3 heterocycles. The van der Waals surface area contributed by atoms with Crippen molar-refractivity contribution < 1.29 is 4.79 Å². The molecule has 2 fully saturated rings. The molecule has 24 heavy (non-hydrogen) atoms. The molecular formula is C18H29N5O. The predicted octanol–water partition coefficient (Wildman–Crippen LogP) is 1.60. The number of carbonyl (C=O) groups is 1. The Labute approximate surface area is 144 Å². The van der Waals surface area contributed by atoms with Crippen LogP contribution in [0.2, 0.25) is 0 Å².